The van der Waals surface area contributed by atoms with Gasteiger partial charge < -0.3 is 5.11 Å². The molecule has 0 amide bonds. The predicted octanol–water partition coefficient (Wildman–Crippen LogP) is 3.61. The Kier molecular flexibility index (Phi) is 4.00. The van der Waals surface area contributed by atoms with Gasteiger partial charge in [-0.2, -0.15) is 0 Å². The first-order valence-corrected chi connectivity index (χ1v) is 6.22. The fourth-order valence-corrected chi connectivity index (χ4v) is 2.68. The Labute approximate surface area is 88.9 Å². The molecular formula is C13H26O. The van der Waals surface area contributed by atoms with Crippen LogP contribution in [-0.2, 0) is 0 Å². The molecular weight excluding hydrogens is 172 g/mol. The summed E-state index contributed by atoms with van der Waals surface area (Å²) in [5.41, 5.74) is -0.347. The van der Waals surface area contributed by atoms with Gasteiger partial charge in [0.25, 0.3) is 0 Å². The number of aliphatic hydroxyl groups is 1. The van der Waals surface area contributed by atoms with E-state index in [2.05, 4.69) is 27.7 Å². The topological polar surface area (TPSA) is 20.2 Å². The summed E-state index contributed by atoms with van der Waals surface area (Å²) in [4.78, 5) is 0. The first-order valence-electron chi connectivity index (χ1n) is 6.22. The zero-order valence-corrected chi connectivity index (χ0v) is 10.2. The van der Waals surface area contributed by atoms with Gasteiger partial charge in [-0.15, -0.1) is 0 Å². The summed E-state index contributed by atoms with van der Waals surface area (Å²) >= 11 is 0. The van der Waals surface area contributed by atoms with Gasteiger partial charge in [0.2, 0.25) is 0 Å². The molecule has 14 heavy (non-hydrogen) atoms. The van der Waals surface area contributed by atoms with Crippen LogP contribution in [0.1, 0.15) is 59.8 Å². The lowest BCUT2D eigenvalue weighted by molar-refractivity contribution is -0.0587. The standard InChI is InChI=1S/C13H26O/c1-5-11(4)13(14)8-6-12(7-9-13)10(2)3/h10-12,14H,5-9H2,1-4H3. The van der Waals surface area contributed by atoms with Crippen molar-refractivity contribution in [2.45, 2.75) is 65.4 Å². The smallest absolute Gasteiger partial charge is 0.0673 e. The molecule has 1 fully saturated rings. The number of hydrogen-bond donors (Lipinski definition) is 1. The Hall–Kier alpha value is -0.0400. The average Bonchev–Trinajstić information content (AvgIpc) is 2.17. The maximum atomic E-state index is 10.4. The largest absolute Gasteiger partial charge is 0.390 e. The Morgan fingerprint density at radius 1 is 1.21 bits per heavy atom. The van der Waals surface area contributed by atoms with Crippen molar-refractivity contribution in [1.29, 1.82) is 0 Å². The summed E-state index contributed by atoms with van der Waals surface area (Å²) < 4.78 is 0. The van der Waals surface area contributed by atoms with Crippen LogP contribution in [0.25, 0.3) is 0 Å². The predicted molar refractivity (Wildman–Crippen MR) is 61.2 cm³/mol. The van der Waals surface area contributed by atoms with Crippen molar-refractivity contribution in [2.24, 2.45) is 17.8 Å². The maximum absolute atomic E-state index is 10.4. The van der Waals surface area contributed by atoms with Crippen molar-refractivity contribution in [3.8, 4) is 0 Å². The van der Waals surface area contributed by atoms with E-state index in [1.54, 1.807) is 0 Å². The van der Waals surface area contributed by atoms with Gasteiger partial charge in [-0.05, 0) is 43.4 Å². The highest BCUT2D eigenvalue weighted by molar-refractivity contribution is 4.89. The van der Waals surface area contributed by atoms with Crippen LogP contribution in [0.5, 0.6) is 0 Å². The van der Waals surface area contributed by atoms with Gasteiger partial charge in [-0.1, -0.05) is 34.1 Å². The summed E-state index contributed by atoms with van der Waals surface area (Å²) in [6.07, 6.45) is 5.58. The third-order valence-electron chi connectivity index (χ3n) is 4.37. The molecule has 1 atom stereocenters. The molecule has 1 nitrogen and oxygen atoms in total. The van der Waals surface area contributed by atoms with Gasteiger partial charge in [-0.25, -0.2) is 0 Å². The third-order valence-corrected chi connectivity index (χ3v) is 4.37. The molecule has 1 saturated carbocycles. The summed E-state index contributed by atoms with van der Waals surface area (Å²) in [7, 11) is 0. The van der Waals surface area contributed by atoms with Gasteiger partial charge in [-0.3, -0.25) is 0 Å². The molecule has 0 aliphatic heterocycles. The molecule has 0 aromatic heterocycles. The Bertz CT molecular complexity index is 166. The Morgan fingerprint density at radius 2 is 1.71 bits per heavy atom. The minimum absolute atomic E-state index is 0.347. The molecule has 1 heteroatoms. The van der Waals surface area contributed by atoms with E-state index >= 15 is 0 Å². The van der Waals surface area contributed by atoms with E-state index in [0.717, 1.165) is 31.1 Å². The SMILES string of the molecule is CCC(C)C1(O)CCC(C(C)C)CC1. The van der Waals surface area contributed by atoms with Gasteiger partial charge in [0.1, 0.15) is 0 Å². The molecule has 0 heterocycles. The molecule has 0 aromatic carbocycles. The second-order valence-electron chi connectivity index (χ2n) is 5.49. The van der Waals surface area contributed by atoms with Crippen LogP contribution in [-0.4, -0.2) is 10.7 Å². The van der Waals surface area contributed by atoms with Crippen LogP contribution >= 0.6 is 0 Å². The number of hydrogen-bond acceptors (Lipinski definition) is 1. The first kappa shape index (κ1) is 12.0. The van der Waals surface area contributed by atoms with E-state index in [1.165, 1.54) is 12.8 Å². The van der Waals surface area contributed by atoms with E-state index in [0.29, 0.717) is 5.92 Å². The van der Waals surface area contributed by atoms with E-state index in [4.69, 9.17) is 0 Å². The number of rotatable bonds is 3. The van der Waals surface area contributed by atoms with Gasteiger partial charge in [0.15, 0.2) is 0 Å². The van der Waals surface area contributed by atoms with E-state index in [1.807, 2.05) is 0 Å². The molecule has 0 radical (unpaired) electrons. The molecule has 84 valence electrons. The zero-order chi connectivity index (χ0) is 10.8. The summed E-state index contributed by atoms with van der Waals surface area (Å²) in [5, 5.41) is 10.4. The van der Waals surface area contributed by atoms with Crippen molar-refractivity contribution in [2.75, 3.05) is 0 Å². The van der Waals surface area contributed by atoms with Crippen molar-refractivity contribution < 1.29 is 5.11 Å². The highest BCUT2D eigenvalue weighted by Crippen LogP contribution is 2.40. The van der Waals surface area contributed by atoms with Gasteiger partial charge in [0, 0.05) is 0 Å². The van der Waals surface area contributed by atoms with Crippen LogP contribution in [0, 0.1) is 17.8 Å². The lowest BCUT2D eigenvalue weighted by Crippen LogP contribution is -2.40. The second-order valence-corrected chi connectivity index (χ2v) is 5.49. The molecule has 1 aliphatic carbocycles. The normalized spacial score (nSPS) is 36.0. The second kappa shape index (κ2) is 4.65. The third kappa shape index (κ3) is 2.50. The zero-order valence-electron chi connectivity index (χ0n) is 10.2. The first-order chi connectivity index (χ1) is 6.49. The van der Waals surface area contributed by atoms with Crippen molar-refractivity contribution >= 4 is 0 Å². The highest BCUT2D eigenvalue weighted by Gasteiger charge is 2.37. The minimum Gasteiger partial charge on any atom is -0.390 e. The minimum atomic E-state index is -0.347. The molecule has 1 aliphatic rings. The van der Waals surface area contributed by atoms with Crippen LogP contribution in [0.2, 0.25) is 0 Å². The van der Waals surface area contributed by atoms with E-state index in [-0.39, 0.29) is 5.60 Å². The molecule has 1 N–H and O–H groups in total. The summed E-state index contributed by atoms with van der Waals surface area (Å²) in [5.74, 6) is 2.10. The molecule has 1 unspecified atom stereocenters. The molecule has 0 bridgehead atoms. The Balaban J connectivity index is 2.48. The lowest BCUT2D eigenvalue weighted by atomic mass is 9.69. The van der Waals surface area contributed by atoms with Crippen LogP contribution < -0.4 is 0 Å². The van der Waals surface area contributed by atoms with E-state index in [9.17, 15) is 5.11 Å². The van der Waals surface area contributed by atoms with E-state index < -0.39 is 0 Å². The lowest BCUT2D eigenvalue weighted by Gasteiger charge is -2.41. The fraction of sp³-hybridized carbons (Fsp3) is 1.00. The van der Waals surface area contributed by atoms with Gasteiger partial charge in [0.05, 0.1) is 5.60 Å². The highest BCUT2D eigenvalue weighted by atomic mass is 16.3. The fourth-order valence-electron chi connectivity index (χ4n) is 2.68. The van der Waals surface area contributed by atoms with Crippen molar-refractivity contribution in [3.63, 3.8) is 0 Å². The summed E-state index contributed by atoms with van der Waals surface area (Å²) in [6.45, 7) is 8.98. The molecule has 0 aromatic rings. The van der Waals surface area contributed by atoms with Crippen molar-refractivity contribution in [1.82, 2.24) is 0 Å². The maximum Gasteiger partial charge on any atom is 0.0673 e. The molecule has 0 saturated heterocycles. The van der Waals surface area contributed by atoms with Crippen LogP contribution in [0.4, 0.5) is 0 Å². The van der Waals surface area contributed by atoms with Crippen molar-refractivity contribution in [3.05, 3.63) is 0 Å². The molecule has 0 spiro atoms. The quantitative estimate of drug-likeness (QED) is 0.734. The van der Waals surface area contributed by atoms with Crippen LogP contribution in [0.15, 0.2) is 0 Å². The van der Waals surface area contributed by atoms with Gasteiger partial charge >= 0.3 is 0 Å². The monoisotopic (exact) mass is 198 g/mol. The molecule has 1 rings (SSSR count). The summed E-state index contributed by atoms with van der Waals surface area (Å²) in [6, 6.07) is 0. The average molecular weight is 198 g/mol. The van der Waals surface area contributed by atoms with Crippen LogP contribution in [0.3, 0.4) is 0 Å². The Morgan fingerprint density at radius 3 is 2.07 bits per heavy atom.